The van der Waals surface area contributed by atoms with Crippen LogP contribution in [0.1, 0.15) is 49.4 Å². The van der Waals surface area contributed by atoms with Gasteiger partial charge in [0.05, 0.1) is 10.6 Å². The van der Waals surface area contributed by atoms with Gasteiger partial charge in [0.2, 0.25) is 5.91 Å². The van der Waals surface area contributed by atoms with Gasteiger partial charge in [-0.2, -0.15) is 0 Å². The molecule has 0 aliphatic heterocycles. The molecule has 0 heterocycles. The predicted octanol–water partition coefficient (Wildman–Crippen LogP) is 3.36. The molecule has 1 aromatic rings. The van der Waals surface area contributed by atoms with Gasteiger partial charge in [0.1, 0.15) is 0 Å². The van der Waals surface area contributed by atoms with E-state index in [-0.39, 0.29) is 17.9 Å². The molecular weight excluding hydrogens is 276 g/mol. The number of benzene rings is 1. The number of halogens is 1. The zero-order valence-electron chi connectivity index (χ0n) is 11.5. The van der Waals surface area contributed by atoms with Gasteiger partial charge in [-0.3, -0.25) is 9.59 Å². The maximum atomic E-state index is 12.3. The van der Waals surface area contributed by atoms with E-state index in [1.54, 1.807) is 18.2 Å². The van der Waals surface area contributed by atoms with Crippen molar-refractivity contribution in [2.45, 2.75) is 45.1 Å². The minimum absolute atomic E-state index is 0.172. The molecule has 0 spiro atoms. The second-order valence-corrected chi connectivity index (χ2v) is 5.59. The minimum atomic E-state index is -0.175. The van der Waals surface area contributed by atoms with Gasteiger partial charge < -0.3 is 10.6 Å². The van der Waals surface area contributed by atoms with Gasteiger partial charge in [0.25, 0.3) is 5.91 Å². The number of amides is 2. The van der Waals surface area contributed by atoms with Crippen LogP contribution in [0.25, 0.3) is 0 Å². The average molecular weight is 295 g/mol. The number of hydrogen-bond acceptors (Lipinski definition) is 2. The summed E-state index contributed by atoms with van der Waals surface area (Å²) in [5, 5.41) is 6.07. The topological polar surface area (TPSA) is 58.2 Å². The zero-order valence-corrected chi connectivity index (χ0v) is 12.3. The van der Waals surface area contributed by atoms with Crippen molar-refractivity contribution in [1.82, 2.24) is 5.32 Å². The predicted molar refractivity (Wildman–Crippen MR) is 80.1 cm³/mol. The van der Waals surface area contributed by atoms with Crippen LogP contribution in [0.3, 0.4) is 0 Å². The van der Waals surface area contributed by atoms with Crippen molar-refractivity contribution in [3.63, 3.8) is 0 Å². The van der Waals surface area contributed by atoms with E-state index in [4.69, 9.17) is 11.6 Å². The molecule has 0 unspecified atom stereocenters. The standard InChI is InChI=1S/C15H19ClN2O2/c1-10(19)17-12-7-8-14(16)13(9-12)15(20)18-11-5-3-2-4-6-11/h7-9,11H,2-6H2,1H3,(H,17,19)(H,18,20). The molecule has 1 fully saturated rings. The molecule has 2 amide bonds. The summed E-state index contributed by atoms with van der Waals surface area (Å²) in [6.45, 7) is 1.43. The molecule has 5 heteroatoms. The van der Waals surface area contributed by atoms with Crippen LogP contribution < -0.4 is 10.6 Å². The lowest BCUT2D eigenvalue weighted by Gasteiger charge is -2.23. The van der Waals surface area contributed by atoms with Gasteiger partial charge in [-0.05, 0) is 31.0 Å². The second-order valence-electron chi connectivity index (χ2n) is 5.18. The summed E-state index contributed by atoms with van der Waals surface area (Å²) in [6.07, 6.45) is 5.60. The Morgan fingerprint density at radius 1 is 1.20 bits per heavy atom. The van der Waals surface area contributed by atoms with Crippen LogP contribution >= 0.6 is 11.6 Å². The lowest BCUT2D eigenvalue weighted by molar-refractivity contribution is -0.114. The average Bonchev–Trinajstić information content (AvgIpc) is 2.41. The number of carbonyl (C=O) groups is 2. The van der Waals surface area contributed by atoms with E-state index >= 15 is 0 Å². The van der Waals surface area contributed by atoms with Crippen molar-refractivity contribution < 1.29 is 9.59 Å². The number of carbonyl (C=O) groups excluding carboxylic acids is 2. The Hall–Kier alpha value is -1.55. The highest BCUT2D eigenvalue weighted by Gasteiger charge is 2.18. The number of hydrogen-bond donors (Lipinski definition) is 2. The molecule has 2 rings (SSSR count). The molecule has 1 aromatic carbocycles. The van der Waals surface area contributed by atoms with E-state index < -0.39 is 0 Å². The quantitative estimate of drug-likeness (QED) is 0.898. The maximum Gasteiger partial charge on any atom is 0.253 e. The highest BCUT2D eigenvalue weighted by molar-refractivity contribution is 6.34. The van der Waals surface area contributed by atoms with E-state index in [1.165, 1.54) is 13.3 Å². The fourth-order valence-electron chi connectivity index (χ4n) is 2.49. The summed E-state index contributed by atoms with van der Waals surface area (Å²) in [4.78, 5) is 23.3. The van der Waals surface area contributed by atoms with Crippen LogP contribution in [-0.4, -0.2) is 17.9 Å². The van der Waals surface area contributed by atoms with E-state index in [1.807, 2.05) is 0 Å². The van der Waals surface area contributed by atoms with Crippen molar-refractivity contribution in [3.05, 3.63) is 28.8 Å². The molecule has 0 bridgehead atoms. The minimum Gasteiger partial charge on any atom is -0.349 e. The van der Waals surface area contributed by atoms with Gasteiger partial charge in [-0.15, -0.1) is 0 Å². The lowest BCUT2D eigenvalue weighted by atomic mass is 9.95. The van der Waals surface area contributed by atoms with Gasteiger partial charge in [0, 0.05) is 18.7 Å². The van der Waals surface area contributed by atoms with Gasteiger partial charge in [0.15, 0.2) is 0 Å². The zero-order chi connectivity index (χ0) is 14.5. The van der Waals surface area contributed by atoms with Crippen LogP contribution in [0.4, 0.5) is 5.69 Å². The van der Waals surface area contributed by atoms with E-state index in [9.17, 15) is 9.59 Å². The number of anilines is 1. The van der Waals surface area contributed by atoms with Crippen LogP contribution in [0.15, 0.2) is 18.2 Å². The van der Waals surface area contributed by atoms with E-state index in [2.05, 4.69) is 10.6 Å². The third-order valence-corrected chi connectivity index (χ3v) is 3.80. The van der Waals surface area contributed by atoms with Gasteiger partial charge in [-0.1, -0.05) is 30.9 Å². The molecule has 0 saturated heterocycles. The monoisotopic (exact) mass is 294 g/mol. The second kappa shape index (κ2) is 6.75. The fourth-order valence-corrected chi connectivity index (χ4v) is 2.69. The number of rotatable bonds is 3. The van der Waals surface area contributed by atoms with Gasteiger partial charge in [-0.25, -0.2) is 0 Å². The molecule has 4 nitrogen and oxygen atoms in total. The van der Waals surface area contributed by atoms with Crippen molar-refractivity contribution in [1.29, 1.82) is 0 Å². The Morgan fingerprint density at radius 2 is 1.90 bits per heavy atom. The molecular formula is C15H19ClN2O2. The van der Waals surface area contributed by atoms with Crippen LogP contribution in [0.2, 0.25) is 5.02 Å². The Morgan fingerprint density at radius 3 is 2.55 bits per heavy atom. The van der Waals surface area contributed by atoms with Crippen LogP contribution in [-0.2, 0) is 4.79 Å². The first kappa shape index (κ1) is 14.9. The first-order valence-electron chi connectivity index (χ1n) is 6.94. The van der Waals surface area contributed by atoms with Crippen LogP contribution in [0, 0.1) is 0 Å². The highest BCUT2D eigenvalue weighted by atomic mass is 35.5. The summed E-state index contributed by atoms with van der Waals surface area (Å²) < 4.78 is 0. The highest BCUT2D eigenvalue weighted by Crippen LogP contribution is 2.22. The van der Waals surface area contributed by atoms with Crippen molar-refractivity contribution in [2.75, 3.05) is 5.32 Å². The first-order chi connectivity index (χ1) is 9.56. The lowest BCUT2D eigenvalue weighted by Crippen LogP contribution is -2.36. The first-order valence-corrected chi connectivity index (χ1v) is 7.32. The molecule has 0 aromatic heterocycles. The van der Waals surface area contributed by atoms with Crippen molar-refractivity contribution in [2.24, 2.45) is 0 Å². The fraction of sp³-hybridized carbons (Fsp3) is 0.467. The molecule has 1 saturated carbocycles. The summed E-state index contributed by atoms with van der Waals surface area (Å²) in [5.74, 6) is -0.347. The molecule has 108 valence electrons. The van der Waals surface area contributed by atoms with E-state index in [0.29, 0.717) is 16.3 Å². The Bertz CT molecular complexity index is 511. The SMILES string of the molecule is CC(=O)Nc1ccc(Cl)c(C(=O)NC2CCCCC2)c1. The number of nitrogens with one attached hydrogen (secondary N) is 2. The maximum absolute atomic E-state index is 12.3. The molecule has 0 radical (unpaired) electrons. The third kappa shape index (κ3) is 3.97. The van der Waals surface area contributed by atoms with Gasteiger partial charge >= 0.3 is 0 Å². The summed E-state index contributed by atoms with van der Waals surface area (Å²) in [6, 6.07) is 5.16. The summed E-state index contributed by atoms with van der Waals surface area (Å²) >= 11 is 6.07. The molecule has 1 aliphatic rings. The molecule has 2 N–H and O–H groups in total. The molecule has 20 heavy (non-hydrogen) atoms. The van der Waals surface area contributed by atoms with E-state index in [0.717, 1.165) is 25.7 Å². The summed E-state index contributed by atoms with van der Waals surface area (Å²) in [7, 11) is 0. The van der Waals surface area contributed by atoms with Crippen LogP contribution in [0.5, 0.6) is 0 Å². The smallest absolute Gasteiger partial charge is 0.253 e. The normalized spacial score (nSPS) is 15.7. The molecule has 0 atom stereocenters. The Kier molecular flexibility index (Phi) is 5.01. The third-order valence-electron chi connectivity index (χ3n) is 3.47. The Labute approximate surface area is 123 Å². The largest absolute Gasteiger partial charge is 0.349 e. The summed E-state index contributed by atoms with van der Waals surface area (Å²) in [5.41, 5.74) is 0.985. The van der Waals surface area contributed by atoms with Crippen molar-refractivity contribution >= 4 is 29.1 Å². The molecule has 1 aliphatic carbocycles. The van der Waals surface area contributed by atoms with Crippen molar-refractivity contribution in [3.8, 4) is 0 Å². The Balaban J connectivity index is 2.09.